The molecule has 4 heteroatoms. The van der Waals surface area contributed by atoms with Gasteiger partial charge in [-0.1, -0.05) is 44.2 Å². The van der Waals surface area contributed by atoms with Crippen LogP contribution < -0.4 is 10.6 Å². The molecule has 1 aromatic carbocycles. The summed E-state index contributed by atoms with van der Waals surface area (Å²) < 4.78 is 0. The predicted molar refractivity (Wildman–Crippen MR) is 107 cm³/mol. The third kappa shape index (κ3) is 5.41. The zero-order valence-corrected chi connectivity index (χ0v) is 16.7. The Hall–Kier alpha value is -1.65. The van der Waals surface area contributed by atoms with E-state index < -0.39 is 0 Å². The molecule has 1 amide bonds. The fraction of sp³-hybridized carbons (Fsp3) is 0.476. The first kappa shape index (κ1) is 19.7. The van der Waals surface area contributed by atoms with Crippen molar-refractivity contribution in [3.8, 4) is 0 Å². The summed E-state index contributed by atoms with van der Waals surface area (Å²) >= 11 is 1.71. The van der Waals surface area contributed by atoms with E-state index in [1.165, 1.54) is 16.0 Å². The van der Waals surface area contributed by atoms with Gasteiger partial charge in [-0.15, -0.1) is 11.3 Å². The third-order valence-corrected chi connectivity index (χ3v) is 5.46. The molecule has 0 spiro atoms. The molecule has 0 aliphatic heterocycles. The van der Waals surface area contributed by atoms with Crippen LogP contribution in [0, 0.1) is 0 Å². The third-order valence-electron chi connectivity index (χ3n) is 4.52. The summed E-state index contributed by atoms with van der Waals surface area (Å²) in [6.45, 7) is 10.3. The number of hydrogen-bond donors (Lipinski definition) is 2. The normalized spacial score (nSPS) is 15.0. The van der Waals surface area contributed by atoms with Crippen LogP contribution in [0.2, 0.25) is 0 Å². The number of hydrogen-bond acceptors (Lipinski definition) is 3. The minimum absolute atomic E-state index is 0.0268. The number of thiophene rings is 1. The Bertz CT molecular complexity index is 649. The van der Waals surface area contributed by atoms with Gasteiger partial charge >= 0.3 is 0 Å². The molecule has 0 saturated carbocycles. The van der Waals surface area contributed by atoms with Crippen LogP contribution in [-0.2, 0) is 4.79 Å². The van der Waals surface area contributed by atoms with E-state index in [1.807, 2.05) is 20.8 Å². The second kappa shape index (κ2) is 9.16. The molecule has 2 N–H and O–H groups in total. The van der Waals surface area contributed by atoms with Crippen molar-refractivity contribution in [1.29, 1.82) is 0 Å². The van der Waals surface area contributed by atoms with Gasteiger partial charge in [0.15, 0.2) is 0 Å². The minimum Gasteiger partial charge on any atom is -0.353 e. The second-order valence-electron chi connectivity index (χ2n) is 6.98. The van der Waals surface area contributed by atoms with Gasteiger partial charge in [0.1, 0.15) is 0 Å². The maximum absolute atomic E-state index is 12.3. The van der Waals surface area contributed by atoms with Crippen LogP contribution in [0.1, 0.15) is 69.0 Å². The number of benzene rings is 1. The average molecular weight is 359 g/mol. The summed E-state index contributed by atoms with van der Waals surface area (Å²) in [6, 6.07) is 12.9. The van der Waals surface area contributed by atoms with E-state index >= 15 is 0 Å². The maximum Gasteiger partial charge on any atom is 0.237 e. The predicted octanol–water partition coefficient (Wildman–Crippen LogP) is 4.85. The minimum atomic E-state index is -0.260. The molecule has 136 valence electrons. The van der Waals surface area contributed by atoms with Gasteiger partial charge < -0.3 is 5.32 Å². The van der Waals surface area contributed by atoms with Gasteiger partial charge in [0.2, 0.25) is 5.91 Å². The largest absolute Gasteiger partial charge is 0.353 e. The van der Waals surface area contributed by atoms with Crippen molar-refractivity contribution in [2.75, 3.05) is 0 Å². The molecule has 1 aromatic heterocycles. The van der Waals surface area contributed by atoms with Gasteiger partial charge in [-0.25, -0.2) is 0 Å². The Balaban J connectivity index is 2.21. The number of carbonyl (C=O) groups excluding carboxylic acids is 1. The highest BCUT2D eigenvalue weighted by Crippen LogP contribution is 2.28. The van der Waals surface area contributed by atoms with Crippen LogP contribution in [-0.4, -0.2) is 18.0 Å². The van der Waals surface area contributed by atoms with Crippen LogP contribution in [0.5, 0.6) is 0 Å². The standard InChI is InChI=1S/C21H30N2OS/c1-6-15(4)17-9-11-18(12-10-17)20(19-8-7-13-25-19)23-16(5)21(24)22-14(2)3/h7-16,20,23H,6H2,1-5H3,(H,22,24)/t15-,16+,20+/m1/s1. The molecule has 0 aliphatic carbocycles. The van der Waals surface area contributed by atoms with Crippen molar-refractivity contribution < 1.29 is 4.79 Å². The molecule has 25 heavy (non-hydrogen) atoms. The molecule has 0 radical (unpaired) electrons. The molecule has 0 unspecified atom stereocenters. The van der Waals surface area contributed by atoms with E-state index in [2.05, 4.69) is 66.3 Å². The number of carbonyl (C=O) groups is 1. The lowest BCUT2D eigenvalue weighted by Crippen LogP contribution is -2.45. The van der Waals surface area contributed by atoms with Crippen molar-refractivity contribution >= 4 is 17.2 Å². The summed E-state index contributed by atoms with van der Waals surface area (Å²) in [4.78, 5) is 13.5. The highest BCUT2D eigenvalue weighted by atomic mass is 32.1. The topological polar surface area (TPSA) is 41.1 Å². The SMILES string of the molecule is CC[C@@H](C)c1ccc([C@H](N[C@@H](C)C(=O)NC(C)C)c2cccs2)cc1. The van der Waals surface area contributed by atoms with Crippen LogP contribution in [0.15, 0.2) is 41.8 Å². The molecular weight excluding hydrogens is 328 g/mol. The van der Waals surface area contributed by atoms with Gasteiger partial charge in [-0.2, -0.15) is 0 Å². The Morgan fingerprint density at radius 1 is 1.04 bits per heavy atom. The zero-order chi connectivity index (χ0) is 18.4. The molecule has 0 bridgehead atoms. The van der Waals surface area contributed by atoms with Crippen LogP contribution in [0.3, 0.4) is 0 Å². The summed E-state index contributed by atoms with van der Waals surface area (Å²) in [5.74, 6) is 0.603. The molecule has 1 heterocycles. The van der Waals surface area contributed by atoms with E-state index in [4.69, 9.17) is 0 Å². The number of rotatable bonds is 8. The summed E-state index contributed by atoms with van der Waals surface area (Å²) in [6.07, 6.45) is 1.14. The number of nitrogens with one attached hydrogen (secondary N) is 2. The van der Waals surface area contributed by atoms with E-state index in [1.54, 1.807) is 11.3 Å². The fourth-order valence-electron chi connectivity index (χ4n) is 2.79. The first-order valence-corrected chi connectivity index (χ1v) is 10.00. The Morgan fingerprint density at radius 2 is 1.68 bits per heavy atom. The fourth-order valence-corrected chi connectivity index (χ4v) is 3.60. The Kier molecular flexibility index (Phi) is 7.21. The maximum atomic E-state index is 12.3. The molecular formula is C21H30N2OS. The summed E-state index contributed by atoms with van der Waals surface area (Å²) in [5.41, 5.74) is 2.56. The average Bonchev–Trinajstić information content (AvgIpc) is 3.12. The molecule has 2 rings (SSSR count). The first-order chi connectivity index (χ1) is 11.9. The van der Waals surface area contributed by atoms with Crippen molar-refractivity contribution in [3.05, 3.63) is 57.8 Å². The Morgan fingerprint density at radius 3 is 2.20 bits per heavy atom. The van der Waals surface area contributed by atoms with E-state index in [0.29, 0.717) is 5.92 Å². The lowest BCUT2D eigenvalue weighted by atomic mass is 9.95. The van der Waals surface area contributed by atoms with Crippen molar-refractivity contribution in [3.63, 3.8) is 0 Å². The molecule has 0 saturated heterocycles. The molecule has 2 aromatic rings. The van der Waals surface area contributed by atoms with E-state index in [0.717, 1.165) is 6.42 Å². The van der Waals surface area contributed by atoms with Gasteiger partial charge in [0, 0.05) is 10.9 Å². The summed E-state index contributed by atoms with van der Waals surface area (Å²) in [7, 11) is 0. The zero-order valence-electron chi connectivity index (χ0n) is 15.9. The van der Waals surface area contributed by atoms with E-state index in [-0.39, 0.29) is 24.0 Å². The second-order valence-corrected chi connectivity index (χ2v) is 7.96. The van der Waals surface area contributed by atoms with Crippen molar-refractivity contribution in [2.45, 2.75) is 65.1 Å². The lowest BCUT2D eigenvalue weighted by Gasteiger charge is -2.24. The van der Waals surface area contributed by atoms with Crippen molar-refractivity contribution in [1.82, 2.24) is 10.6 Å². The molecule has 0 fully saturated rings. The van der Waals surface area contributed by atoms with Crippen molar-refractivity contribution in [2.24, 2.45) is 0 Å². The highest BCUT2D eigenvalue weighted by molar-refractivity contribution is 7.10. The number of amides is 1. The Labute approximate surface area is 155 Å². The monoisotopic (exact) mass is 358 g/mol. The molecule has 3 nitrogen and oxygen atoms in total. The van der Waals surface area contributed by atoms with Crippen LogP contribution in [0.25, 0.3) is 0 Å². The summed E-state index contributed by atoms with van der Waals surface area (Å²) in [5, 5.41) is 8.56. The first-order valence-electron chi connectivity index (χ1n) is 9.12. The van der Waals surface area contributed by atoms with Crippen LogP contribution >= 0.6 is 11.3 Å². The molecule has 3 atom stereocenters. The van der Waals surface area contributed by atoms with Gasteiger partial charge in [-0.05, 0) is 55.7 Å². The van der Waals surface area contributed by atoms with Gasteiger partial charge in [0.05, 0.1) is 12.1 Å². The lowest BCUT2D eigenvalue weighted by molar-refractivity contribution is -0.123. The quantitative estimate of drug-likeness (QED) is 0.708. The smallest absolute Gasteiger partial charge is 0.237 e. The molecule has 0 aliphatic rings. The van der Waals surface area contributed by atoms with Crippen LogP contribution in [0.4, 0.5) is 0 Å². The van der Waals surface area contributed by atoms with Gasteiger partial charge in [-0.3, -0.25) is 10.1 Å². The van der Waals surface area contributed by atoms with E-state index in [9.17, 15) is 4.79 Å². The highest BCUT2D eigenvalue weighted by Gasteiger charge is 2.22. The van der Waals surface area contributed by atoms with Gasteiger partial charge in [0.25, 0.3) is 0 Å².